The summed E-state index contributed by atoms with van der Waals surface area (Å²) in [5.74, 6) is -0.599. The van der Waals surface area contributed by atoms with Crippen molar-refractivity contribution in [3.8, 4) is 0 Å². The molecular formula is C15H18FN3OS. The van der Waals surface area contributed by atoms with E-state index >= 15 is 0 Å². The van der Waals surface area contributed by atoms with E-state index in [1.807, 2.05) is 19.2 Å². The number of hydrogen-bond acceptors (Lipinski definition) is 4. The van der Waals surface area contributed by atoms with Gasteiger partial charge >= 0.3 is 0 Å². The Morgan fingerprint density at radius 3 is 2.90 bits per heavy atom. The van der Waals surface area contributed by atoms with Crippen LogP contribution in [-0.4, -0.2) is 17.4 Å². The highest BCUT2D eigenvalue weighted by Gasteiger charge is 2.12. The predicted octanol–water partition coefficient (Wildman–Crippen LogP) is 3.51. The van der Waals surface area contributed by atoms with Gasteiger partial charge < -0.3 is 5.32 Å². The molecule has 1 atom stereocenters. The second-order valence-corrected chi connectivity index (χ2v) is 5.63. The number of amides is 1. The molecule has 0 aliphatic carbocycles. The summed E-state index contributed by atoms with van der Waals surface area (Å²) in [5.41, 5.74) is 1.76. The molecule has 1 heterocycles. The third-order valence-electron chi connectivity index (χ3n) is 3.12. The van der Waals surface area contributed by atoms with Crippen LogP contribution in [0.4, 0.5) is 9.52 Å². The van der Waals surface area contributed by atoms with Crippen LogP contribution in [0.15, 0.2) is 23.6 Å². The Bertz CT molecular complexity index is 642. The molecule has 2 N–H and O–H groups in total. The zero-order valence-corrected chi connectivity index (χ0v) is 13.1. The number of aromatic nitrogens is 1. The SMILES string of the molecule is CCNC(C)c1csc(NC(=O)c2ccc(F)c(C)c2)n1. The highest BCUT2D eigenvalue weighted by molar-refractivity contribution is 7.14. The normalized spacial score (nSPS) is 12.2. The lowest BCUT2D eigenvalue weighted by Crippen LogP contribution is -2.18. The molecule has 112 valence electrons. The van der Waals surface area contributed by atoms with Crippen LogP contribution in [0, 0.1) is 12.7 Å². The van der Waals surface area contributed by atoms with Crippen LogP contribution >= 0.6 is 11.3 Å². The lowest BCUT2D eigenvalue weighted by Gasteiger charge is -2.08. The Morgan fingerprint density at radius 2 is 2.24 bits per heavy atom. The van der Waals surface area contributed by atoms with E-state index in [9.17, 15) is 9.18 Å². The average Bonchev–Trinajstić information content (AvgIpc) is 2.90. The number of nitrogens with zero attached hydrogens (tertiary/aromatic N) is 1. The van der Waals surface area contributed by atoms with Crippen molar-refractivity contribution in [3.63, 3.8) is 0 Å². The van der Waals surface area contributed by atoms with Gasteiger partial charge in [-0.1, -0.05) is 6.92 Å². The molecule has 0 radical (unpaired) electrons. The van der Waals surface area contributed by atoms with E-state index < -0.39 is 0 Å². The standard InChI is InChI=1S/C15H18FN3OS/c1-4-17-10(3)13-8-21-15(18-13)19-14(20)11-5-6-12(16)9(2)7-11/h5-8,10,17H,4H2,1-3H3,(H,18,19,20). The van der Waals surface area contributed by atoms with Gasteiger partial charge in [0.05, 0.1) is 5.69 Å². The van der Waals surface area contributed by atoms with E-state index in [-0.39, 0.29) is 17.8 Å². The quantitative estimate of drug-likeness (QED) is 0.888. The maximum Gasteiger partial charge on any atom is 0.257 e. The number of aryl methyl sites for hydroxylation is 1. The van der Waals surface area contributed by atoms with Gasteiger partial charge in [0.2, 0.25) is 0 Å². The molecule has 1 aromatic carbocycles. The maximum atomic E-state index is 13.2. The van der Waals surface area contributed by atoms with Crippen molar-refractivity contribution >= 4 is 22.4 Å². The van der Waals surface area contributed by atoms with Crippen LogP contribution in [-0.2, 0) is 0 Å². The molecule has 0 saturated heterocycles. The smallest absolute Gasteiger partial charge is 0.257 e. The first-order valence-electron chi connectivity index (χ1n) is 6.77. The molecule has 0 bridgehead atoms. The van der Waals surface area contributed by atoms with Crippen LogP contribution in [0.2, 0.25) is 0 Å². The van der Waals surface area contributed by atoms with Crippen LogP contribution in [0.25, 0.3) is 0 Å². The van der Waals surface area contributed by atoms with Crippen molar-refractivity contribution < 1.29 is 9.18 Å². The fourth-order valence-electron chi connectivity index (χ4n) is 1.91. The topological polar surface area (TPSA) is 54.0 Å². The molecule has 0 aliphatic rings. The summed E-state index contributed by atoms with van der Waals surface area (Å²) in [6.45, 7) is 6.54. The molecule has 0 saturated carbocycles. The van der Waals surface area contributed by atoms with Crippen LogP contribution in [0.5, 0.6) is 0 Å². The fraction of sp³-hybridized carbons (Fsp3) is 0.333. The molecule has 2 aromatic rings. The Hall–Kier alpha value is -1.79. The molecule has 2 rings (SSSR count). The summed E-state index contributed by atoms with van der Waals surface area (Å²) in [6.07, 6.45) is 0. The maximum absolute atomic E-state index is 13.2. The summed E-state index contributed by atoms with van der Waals surface area (Å²) >= 11 is 1.38. The van der Waals surface area contributed by atoms with Gasteiger partial charge in [-0.3, -0.25) is 10.1 Å². The van der Waals surface area contributed by atoms with E-state index in [4.69, 9.17) is 0 Å². The van der Waals surface area contributed by atoms with E-state index in [1.165, 1.54) is 29.5 Å². The van der Waals surface area contributed by atoms with Gasteiger partial charge in [0.15, 0.2) is 5.13 Å². The minimum absolute atomic E-state index is 0.143. The number of thiazole rings is 1. The van der Waals surface area contributed by atoms with E-state index in [0.29, 0.717) is 16.3 Å². The second-order valence-electron chi connectivity index (χ2n) is 4.77. The third kappa shape index (κ3) is 3.86. The lowest BCUT2D eigenvalue weighted by molar-refractivity contribution is 0.102. The second kappa shape index (κ2) is 6.78. The van der Waals surface area contributed by atoms with Gasteiger partial charge in [0.25, 0.3) is 5.91 Å². The van der Waals surface area contributed by atoms with Gasteiger partial charge in [0, 0.05) is 17.0 Å². The minimum Gasteiger partial charge on any atom is -0.309 e. The molecule has 6 heteroatoms. The number of halogens is 1. The average molecular weight is 307 g/mol. The monoisotopic (exact) mass is 307 g/mol. The van der Waals surface area contributed by atoms with Crippen molar-refractivity contribution in [3.05, 3.63) is 46.2 Å². The van der Waals surface area contributed by atoms with Crippen LogP contribution < -0.4 is 10.6 Å². The highest BCUT2D eigenvalue weighted by atomic mass is 32.1. The van der Waals surface area contributed by atoms with E-state index in [1.54, 1.807) is 6.92 Å². The lowest BCUT2D eigenvalue weighted by atomic mass is 10.1. The molecule has 0 fully saturated rings. The molecule has 4 nitrogen and oxygen atoms in total. The number of carbonyl (C=O) groups is 1. The van der Waals surface area contributed by atoms with Crippen molar-refractivity contribution in [2.45, 2.75) is 26.8 Å². The van der Waals surface area contributed by atoms with Crippen molar-refractivity contribution in [2.24, 2.45) is 0 Å². The Balaban J connectivity index is 2.07. The molecule has 0 aliphatic heterocycles. The summed E-state index contributed by atoms with van der Waals surface area (Å²) in [6, 6.07) is 4.43. The Kier molecular flexibility index (Phi) is 5.03. The third-order valence-corrected chi connectivity index (χ3v) is 3.89. The molecule has 1 unspecified atom stereocenters. The van der Waals surface area contributed by atoms with Gasteiger partial charge in [-0.05, 0) is 44.2 Å². The number of benzene rings is 1. The van der Waals surface area contributed by atoms with Gasteiger partial charge in [-0.2, -0.15) is 0 Å². The summed E-state index contributed by atoms with van der Waals surface area (Å²) in [4.78, 5) is 16.5. The van der Waals surface area contributed by atoms with Gasteiger partial charge in [-0.25, -0.2) is 9.37 Å². The molecule has 0 spiro atoms. The molecule has 1 amide bonds. The van der Waals surface area contributed by atoms with E-state index in [0.717, 1.165) is 12.2 Å². The summed E-state index contributed by atoms with van der Waals surface area (Å²) in [7, 11) is 0. The zero-order valence-electron chi connectivity index (χ0n) is 12.2. The predicted molar refractivity (Wildman–Crippen MR) is 83.3 cm³/mol. The van der Waals surface area contributed by atoms with Crippen molar-refractivity contribution in [1.82, 2.24) is 10.3 Å². The molecular weight excluding hydrogens is 289 g/mol. The Labute approximate surface area is 127 Å². The first-order chi connectivity index (χ1) is 10.0. The van der Waals surface area contributed by atoms with E-state index in [2.05, 4.69) is 15.6 Å². The summed E-state index contributed by atoms with van der Waals surface area (Å²) < 4.78 is 13.2. The number of carbonyl (C=O) groups excluding carboxylic acids is 1. The first-order valence-corrected chi connectivity index (χ1v) is 7.65. The summed E-state index contributed by atoms with van der Waals surface area (Å²) in [5, 5.41) is 8.46. The fourth-order valence-corrected chi connectivity index (χ4v) is 2.71. The molecule has 1 aromatic heterocycles. The highest BCUT2D eigenvalue weighted by Crippen LogP contribution is 2.21. The van der Waals surface area contributed by atoms with Crippen molar-refractivity contribution in [1.29, 1.82) is 0 Å². The minimum atomic E-state index is -0.317. The van der Waals surface area contributed by atoms with Crippen molar-refractivity contribution in [2.75, 3.05) is 11.9 Å². The van der Waals surface area contributed by atoms with Crippen LogP contribution in [0.3, 0.4) is 0 Å². The molecule has 21 heavy (non-hydrogen) atoms. The number of hydrogen-bond donors (Lipinski definition) is 2. The van der Waals surface area contributed by atoms with Crippen LogP contribution in [0.1, 0.15) is 41.5 Å². The van der Waals surface area contributed by atoms with Gasteiger partial charge in [-0.15, -0.1) is 11.3 Å². The number of rotatable bonds is 5. The number of anilines is 1. The Morgan fingerprint density at radius 1 is 1.48 bits per heavy atom. The first kappa shape index (κ1) is 15.6. The van der Waals surface area contributed by atoms with Gasteiger partial charge in [0.1, 0.15) is 5.82 Å². The number of nitrogens with one attached hydrogen (secondary N) is 2. The zero-order chi connectivity index (χ0) is 15.4. The largest absolute Gasteiger partial charge is 0.309 e.